The molecule has 49 heavy (non-hydrogen) atoms. The van der Waals surface area contributed by atoms with E-state index < -0.39 is 64.5 Å². The number of nitrogens with zero attached hydrogens (tertiary/aromatic N) is 4. The lowest BCUT2D eigenvalue weighted by molar-refractivity contribution is -0.148. The molecule has 12 nitrogen and oxygen atoms in total. The molecule has 1 fully saturated rings. The van der Waals surface area contributed by atoms with Gasteiger partial charge in [0.25, 0.3) is 17.4 Å². The molecular weight excluding hydrogens is 662 g/mol. The van der Waals surface area contributed by atoms with Crippen molar-refractivity contribution in [3.05, 3.63) is 86.6 Å². The Kier molecular flexibility index (Phi) is 10.8. The molecular formula is C31H34F6N8O4. The number of alkyl halides is 3. The molecule has 264 valence electrons. The first-order valence-corrected chi connectivity index (χ1v) is 15.5. The fourth-order valence-corrected chi connectivity index (χ4v) is 5.98. The van der Waals surface area contributed by atoms with E-state index in [9.17, 15) is 45.5 Å². The van der Waals surface area contributed by atoms with Gasteiger partial charge < -0.3 is 35.7 Å². The SMILES string of the molecule is NC(CC(=O)N1CCn2c(C(F)(F)F)nc(C(=O)NCCN3CCC(NC(=O)c4ccc[nH]c4=O)CC3)c2C1)Cc1cc(F)c(F)cc1F. The van der Waals surface area contributed by atoms with Gasteiger partial charge in [-0.05, 0) is 43.0 Å². The second-order valence-corrected chi connectivity index (χ2v) is 12.0. The van der Waals surface area contributed by atoms with Gasteiger partial charge in [-0.15, -0.1) is 0 Å². The molecule has 1 unspecified atom stereocenters. The van der Waals surface area contributed by atoms with Crippen LogP contribution in [-0.2, 0) is 30.5 Å². The summed E-state index contributed by atoms with van der Waals surface area (Å²) >= 11 is 0. The first-order chi connectivity index (χ1) is 23.2. The summed E-state index contributed by atoms with van der Waals surface area (Å²) in [4.78, 5) is 59.7. The number of carbonyl (C=O) groups excluding carboxylic acids is 3. The molecule has 1 aromatic carbocycles. The molecule has 4 heterocycles. The van der Waals surface area contributed by atoms with Crippen LogP contribution in [0.5, 0.6) is 0 Å². The van der Waals surface area contributed by atoms with Gasteiger partial charge in [-0.3, -0.25) is 19.2 Å². The number of fused-ring (bicyclic) bond motifs is 1. The highest BCUT2D eigenvalue weighted by Gasteiger charge is 2.41. The average molecular weight is 697 g/mol. The van der Waals surface area contributed by atoms with Gasteiger partial charge in [-0.1, -0.05) is 0 Å². The van der Waals surface area contributed by atoms with Gasteiger partial charge in [0.05, 0.1) is 12.2 Å². The molecule has 18 heteroatoms. The smallest absolute Gasteiger partial charge is 0.349 e. The topological polar surface area (TPSA) is 158 Å². The second kappa shape index (κ2) is 14.8. The van der Waals surface area contributed by atoms with E-state index in [1.807, 2.05) is 4.90 Å². The normalized spacial score (nSPS) is 16.3. The van der Waals surface area contributed by atoms with E-state index >= 15 is 0 Å². The van der Waals surface area contributed by atoms with Gasteiger partial charge >= 0.3 is 6.18 Å². The molecule has 1 atom stereocenters. The first-order valence-electron chi connectivity index (χ1n) is 15.5. The Hall–Kier alpha value is -4.71. The largest absolute Gasteiger partial charge is 0.449 e. The zero-order chi connectivity index (χ0) is 35.5. The van der Waals surface area contributed by atoms with Gasteiger partial charge in [-0.25, -0.2) is 18.2 Å². The summed E-state index contributed by atoms with van der Waals surface area (Å²) < 4.78 is 83.3. The van der Waals surface area contributed by atoms with E-state index in [0.717, 1.165) is 4.57 Å². The van der Waals surface area contributed by atoms with Crippen LogP contribution in [0.4, 0.5) is 26.3 Å². The lowest BCUT2D eigenvalue weighted by Gasteiger charge is -2.32. The van der Waals surface area contributed by atoms with E-state index in [0.29, 0.717) is 44.6 Å². The van der Waals surface area contributed by atoms with Crippen LogP contribution in [0, 0.1) is 17.5 Å². The number of likely N-dealkylation sites (tertiary alicyclic amines) is 1. The number of hydrogen-bond donors (Lipinski definition) is 4. The maximum atomic E-state index is 14.1. The zero-order valence-corrected chi connectivity index (χ0v) is 26.1. The maximum Gasteiger partial charge on any atom is 0.449 e. The highest BCUT2D eigenvalue weighted by Crippen LogP contribution is 2.32. The molecule has 5 rings (SSSR count). The molecule has 3 aromatic rings. The molecule has 0 spiro atoms. The van der Waals surface area contributed by atoms with Crippen LogP contribution in [0.15, 0.2) is 35.3 Å². The van der Waals surface area contributed by atoms with Crippen LogP contribution < -0.4 is 21.9 Å². The van der Waals surface area contributed by atoms with Gasteiger partial charge in [0.1, 0.15) is 11.4 Å². The molecule has 5 N–H and O–H groups in total. The Bertz CT molecular complexity index is 1770. The maximum absolute atomic E-state index is 14.1. The number of halogens is 6. The highest BCUT2D eigenvalue weighted by molar-refractivity contribution is 5.94. The van der Waals surface area contributed by atoms with Gasteiger partial charge in [0, 0.05) is 70.0 Å². The Morgan fingerprint density at radius 3 is 2.43 bits per heavy atom. The first kappa shape index (κ1) is 35.6. The summed E-state index contributed by atoms with van der Waals surface area (Å²) in [5.74, 6) is -6.87. The van der Waals surface area contributed by atoms with E-state index in [-0.39, 0.29) is 61.9 Å². The minimum atomic E-state index is -4.87. The lowest BCUT2D eigenvalue weighted by Crippen LogP contribution is -2.47. The van der Waals surface area contributed by atoms with Gasteiger partial charge in [-0.2, -0.15) is 13.2 Å². The molecule has 2 aliphatic heterocycles. The Morgan fingerprint density at radius 1 is 1.02 bits per heavy atom. The molecule has 1 saturated heterocycles. The molecule has 3 amide bonds. The highest BCUT2D eigenvalue weighted by atomic mass is 19.4. The van der Waals surface area contributed by atoms with Crippen LogP contribution in [0.25, 0.3) is 0 Å². The van der Waals surface area contributed by atoms with Crippen LogP contribution in [0.2, 0.25) is 0 Å². The third kappa shape index (κ3) is 8.48. The predicted octanol–water partition coefficient (Wildman–Crippen LogP) is 1.93. The standard InChI is InChI=1S/C31H34F6N8O4/c32-21-15-23(34)22(33)13-17(21)12-18(38)14-25(46)44-10-11-45-24(16-44)26(42-30(45)31(35,36)37)29(49)40-6-9-43-7-3-19(4-8-43)41-28(48)20-2-1-5-39-27(20)47/h1-2,5,13,15,18-19H,3-4,6-12,14,16,38H2,(H,39,47)(H,40,49)(H,41,48). The summed E-state index contributed by atoms with van der Waals surface area (Å²) in [7, 11) is 0. The average Bonchev–Trinajstić information content (AvgIpc) is 3.44. The van der Waals surface area contributed by atoms with E-state index in [2.05, 4.69) is 20.6 Å². The summed E-state index contributed by atoms with van der Waals surface area (Å²) in [6.07, 6.45) is -2.95. The number of aromatic nitrogens is 3. The molecule has 2 aromatic heterocycles. The van der Waals surface area contributed by atoms with Crippen LogP contribution in [-0.4, -0.2) is 86.9 Å². The van der Waals surface area contributed by atoms with Crippen molar-refractivity contribution >= 4 is 17.7 Å². The summed E-state index contributed by atoms with van der Waals surface area (Å²) in [5, 5.41) is 5.44. The van der Waals surface area contributed by atoms with E-state index in [4.69, 9.17) is 5.73 Å². The number of piperidine rings is 1. The fraction of sp³-hybridized carbons (Fsp3) is 0.452. The third-order valence-corrected chi connectivity index (χ3v) is 8.54. The number of nitrogens with one attached hydrogen (secondary N) is 3. The Labute approximate surface area is 275 Å². The number of amides is 3. The van der Waals surface area contributed by atoms with Crippen molar-refractivity contribution in [1.29, 1.82) is 0 Å². The molecule has 0 saturated carbocycles. The predicted molar refractivity (Wildman–Crippen MR) is 162 cm³/mol. The molecule has 2 aliphatic rings. The number of pyridine rings is 1. The number of H-pyrrole nitrogens is 1. The number of rotatable bonds is 10. The van der Waals surface area contributed by atoms with Crippen LogP contribution in [0.3, 0.4) is 0 Å². The van der Waals surface area contributed by atoms with E-state index in [1.165, 1.54) is 17.2 Å². The molecule has 0 bridgehead atoms. The van der Waals surface area contributed by atoms with Crippen molar-refractivity contribution < 1.29 is 40.7 Å². The quantitative estimate of drug-likeness (QED) is 0.186. The number of imidazole rings is 1. The molecule has 0 radical (unpaired) electrons. The van der Waals surface area contributed by atoms with Crippen LogP contribution >= 0.6 is 0 Å². The van der Waals surface area contributed by atoms with Crippen molar-refractivity contribution in [2.45, 2.75) is 57.0 Å². The number of nitrogens with two attached hydrogens (primary N) is 1. The minimum absolute atomic E-state index is 0.00946. The van der Waals surface area contributed by atoms with Crippen LogP contribution in [0.1, 0.15) is 57.2 Å². The number of carbonyl (C=O) groups is 3. The van der Waals surface area contributed by atoms with Gasteiger partial charge in [0.15, 0.2) is 17.3 Å². The van der Waals surface area contributed by atoms with Crippen molar-refractivity contribution in [3.63, 3.8) is 0 Å². The van der Waals surface area contributed by atoms with Crippen molar-refractivity contribution in [1.82, 2.24) is 35.0 Å². The minimum Gasteiger partial charge on any atom is -0.349 e. The summed E-state index contributed by atoms with van der Waals surface area (Å²) in [6, 6.07) is 2.83. The van der Waals surface area contributed by atoms with E-state index in [1.54, 1.807) is 6.07 Å². The summed E-state index contributed by atoms with van der Waals surface area (Å²) in [6.45, 7) is 0.766. The van der Waals surface area contributed by atoms with Gasteiger partial charge in [0.2, 0.25) is 11.7 Å². The second-order valence-electron chi connectivity index (χ2n) is 12.0. The lowest BCUT2D eigenvalue weighted by atomic mass is 10.0. The Balaban J connectivity index is 1.15. The number of aromatic amines is 1. The van der Waals surface area contributed by atoms with Crippen molar-refractivity contribution in [2.24, 2.45) is 5.73 Å². The molecule has 0 aliphatic carbocycles. The number of hydrogen-bond acceptors (Lipinski definition) is 7. The number of benzene rings is 1. The monoisotopic (exact) mass is 696 g/mol. The summed E-state index contributed by atoms with van der Waals surface area (Å²) in [5.41, 5.74) is 4.68. The fourth-order valence-electron chi connectivity index (χ4n) is 5.98. The van der Waals surface area contributed by atoms with Crippen molar-refractivity contribution in [2.75, 3.05) is 32.7 Å². The Morgan fingerprint density at radius 2 is 1.73 bits per heavy atom. The third-order valence-electron chi connectivity index (χ3n) is 8.54. The zero-order valence-electron chi connectivity index (χ0n) is 26.1. The van der Waals surface area contributed by atoms with Crippen molar-refractivity contribution in [3.8, 4) is 0 Å².